The van der Waals surface area contributed by atoms with E-state index >= 15 is 0 Å². The van der Waals surface area contributed by atoms with Gasteiger partial charge in [-0.15, -0.1) is 0 Å². The van der Waals surface area contributed by atoms with Crippen molar-refractivity contribution in [1.82, 2.24) is 4.90 Å². The Kier molecular flexibility index (Phi) is 5.83. The van der Waals surface area contributed by atoms with E-state index in [1.807, 2.05) is 18.2 Å². The maximum atomic E-state index is 14.2. The van der Waals surface area contributed by atoms with Crippen LogP contribution in [0.1, 0.15) is 17.5 Å². The average Bonchev–Trinajstić information content (AvgIpc) is 2.62. The van der Waals surface area contributed by atoms with Crippen LogP contribution in [0, 0.1) is 5.82 Å². The van der Waals surface area contributed by atoms with Gasteiger partial charge in [0.1, 0.15) is 5.82 Å². The Morgan fingerprint density at radius 1 is 0.917 bits per heavy atom. The van der Waals surface area contributed by atoms with Gasteiger partial charge >= 0.3 is 0 Å². The van der Waals surface area contributed by atoms with Crippen molar-refractivity contribution in [2.24, 2.45) is 5.73 Å². The summed E-state index contributed by atoms with van der Waals surface area (Å²) in [5.74, 6) is -0.104. The molecule has 2 N–H and O–H groups in total. The first-order valence-corrected chi connectivity index (χ1v) is 8.76. The Morgan fingerprint density at radius 2 is 1.67 bits per heavy atom. The minimum Gasteiger partial charge on any atom is -0.369 e. The normalized spacial score (nSPS) is 15.7. The third-order valence-electron chi connectivity index (χ3n) is 4.69. The lowest BCUT2D eigenvalue weighted by Gasteiger charge is -2.37. The Balaban J connectivity index is 1.63. The molecule has 0 saturated carbocycles. The highest BCUT2D eigenvalue weighted by Gasteiger charge is 2.20. The van der Waals surface area contributed by atoms with Crippen molar-refractivity contribution in [3.05, 3.63) is 65.5 Å². The number of halogens is 1. The zero-order valence-electron chi connectivity index (χ0n) is 14.1. The van der Waals surface area contributed by atoms with Crippen molar-refractivity contribution < 1.29 is 4.39 Å². The van der Waals surface area contributed by atoms with E-state index in [9.17, 15) is 4.39 Å². The van der Waals surface area contributed by atoms with Gasteiger partial charge < -0.3 is 10.6 Å². The fourth-order valence-electron chi connectivity index (χ4n) is 3.36. The van der Waals surface area contributed by atoms with E-state index in [0.717, 1.165) is 50.4 Å². The van der Waals surface area contributed by atoms with Crippen molar-refractivity contribution in [2.75, 3.05) is 37.6 Å². The van der Waals surface area contributed by atoms with E-state index in [1.54, 1.807) is 6.07 Å². The van der Waals surface area contributed by atoms with Crippen molar-refractivity contribution in [3.63, 3.8) is 0 Å². The van der Waals surface area contributed by atoms with Gasteiger partial charge in [0.2, 0.25) is 0 Å². The van der Waals surface area contributed by atoms with Crippen LogP contribution in [0.2, 0.25) is 0 Å². The van der Waals surface area contributed by atoms with Crippen LogP contribution in [0.15, 0.2) is 48.5 Å². The van der Waals surface area contributed by atoms with E-state index in [-0.39, 0.29) is 5.82 Å². The van der Waals surface area contributed by atoms with Crippen molar-refractivity contribution in [3.8, 4) is 0 Å². The summed E-state index contributed by atoms with van der Waals surface area (Å²) < 4.78 is 14.2. The monoisotopic (exact) mass is 327 g/mol. The van der Waals surface area contributed by atoms with Crippen molar-refractivity contribution >= 4 is 5.69 Å². The van der Waals surface area contributed by atoms with Crippen LogP contribution in [0.4, 0.5) is 10.1 Å². The highest BCUT2D eigenvalue weighted by molar-refractivity contribution is 5.54. The van der Waals surface area contributed by atoms with Gasteiger partial charge in [-0.1, -0.05) is 36.4 Å². The van der Waals surface area contributed by atoms with Gasteiger partial charge in [0.25, 0.3) is 0 Å². The molecule has 1 saturated heterocycles. The zero-order chi connectivity index (χ0) is 16.8. The van der Waals surface area contributed by atoms with E-state index in [0.29, 0.717) is 13.0 Å². The van der Waals surface area contributed by atoms with Crippen molar-refractivity contribution in [2.45, 2.75) is 19.4 Å². The number of nitrogens with two attached hydrogens (primary N) is 1. The summed E-state index contributed by atoms with van der Waals surface area (Å²) in [6, 6.07) is 16.0. The Hall–Kier alpha value is -1.91. The van der Waals surface area contributed by atoms with Gasteiger partial charge in [0.05, 0.1) is 0 Å². The molecular formula is C20H26FN3. The number of piperazine rings is 1. The first-order valence-electron chi connectivity index (χ1n) is 8.76. The fraction of sp³-hybridized carbons (Fsp3) is 0.400. The summed E-state index contributed by atoms with van der Waals surface area (Å²) >= 11 is 0. The lowest BCUT2D eigenvalue weighted by Crippen LogP contribution is -2.46. The molecule has 3 nitrogen and oxygen atoms in total. The second-order valence-corrected chi connectivity index (χ2v) is 6.38. The van der Waals surface area contributed by atoms with E-state index in [2.05, 4.69) is 34.1 Å². The van der Waals surface area contributed by atoms with Crippen LogP contribution >= 0.6 is 0 Å². The van der Waals surface area contributed by atoms with Crippen LogP contribution in [0.25, 0.3) is 0 Å². The molecule has 0 aromatic heterocycles. The summed E-state index contributed by atoms with van der Waals surface area (Å²) in [5, 5.41) is 0. The van der Waals surface area contributed by atoms with Gasteiger partial charge in [0, 0.05) is 44.0 Å². The lowest BCUT2D eigenvalue weighted by atomic mass is 10.0. The van der Waals surface area contributed by atoms with E-state index < -0.39 is 0 Å². The standard InChI is InChI=1S/C20H26FN3/c21-19-9-4-10-20(18(19)8-5-11-22)24-14-12-23(13-15-24)16-17-6-2-1-3-7-17/h1-4,6-7,9-10H,5,8,11-16,22H2. The number of nitrogens with zero attached hydrogens (tertiary/aromatic N) is 2. The molecule has 1 fully saturated rings. The predicted octanol–water partition coefficient (Wildman–Crippen LogP) is 3.04. The molecule has 4 heteroatoms. The number of hydrogen-bond acceptors (Lipinski definition) is 3. The fourth-order valence-corrected chi connectivity index (χ4v) is 3.36. The first kappa shape index (κ1) is 16.9. The SMILES string of the molecule is NCCCc1c(F)cccc1N1CCN(Cc2ccccc2)CC1. The second-order valence-electron chi connectivity index (χ2n) is 6.38. The minimum absolute atomic E-state index is 0.104. The molecule has 1 heterocycles. The van der Waals surface area contributed by atoms with Crippen LogP contribution in [-0.4, -0.2) is 37.6 Å². The molecule has 0 unspecified atom stereocenters. The molecule has 0 aliphatic carbocycles. The molecule has 0 atom stereocenters. The number of anilines is 1. The quantitative estimate of drug-likeness (QED) is 0.885. The summed E-state index contributed by atoms with van der Waals surface area (Å²) in [6.07, 6.45) is 1.53. The number of benzene rings is 2. The summed E-state index contributed by atoms with van der Waals surface area (Å²) in [4.78, 5) is 4.78. The Bertz CT molecular complexity index is 637. The molecule has 3 rings (SSSR count). The Labute approximate surface area is 143 Å². The number of rotatable bonds is 6. The molecule has 2 aromatic carbocycles. The maximum absolute atomic E-state index is 14.2. The number of hydrogen-bond donors (Lipinski definition) is 1. The van der Waals surface area contributed by atoms with E-state index in [4.69, 9.17) is 5.73 Å². The summed E-state index contributed by atoms with van der Waals surface area (Å²) in [7, 11) is 0. The van der Waals surface area contributed by atoms with Gasteiger partial charge in [-0.2, -0.15) is 0 Å². The molecule has 1 aliphatic heterocycles. The molecule has 2 aromatic rings. The van der Waals surface area contributed by atoms with E-state index in [1.165, 1.54) is 5.56 Å². The van der Waals surface area contributed by atoms with Gasteiger partial charge in [-0.3, -0.25) is 4.90 Å². The van der Waals surface area contributed by atoms with Crippen LogP contribution < -0.4 is 10.6 Å². The molecule has 24 heavy (non-hydrogen) atoms. The molecule has 128 valence electrons. The summed E-state index contributed by atoms with van der Waals surface area (Å²) in [6.45, 7) is 5.46. The smallest absolute Gasteiger partial charge is 0.128 e. The lowest BCUT2D eigenvalue weighted by molar-refractivity contribution is 0.249. The highest BCUT2D eigenvalue weighted by Crippen LogP contribution is 2.26. The van der Waals surface area contributed by atoms with Crippen LogP contribution in [-0.2, 0) is 13.0 Å². The Morgan fingerprint density at radius 3 is 2.38 bits per heavy atom. The molecule has 0 radical (unpaired) electrons. The molecular weight excluding hydrogens is 301 g/mol. The topological polar surface area (TPSA) is 32.5 Å². The molecule has 0 spiro atoms. The average molecular weight is 327 g/mol. The summed E-state index contributed by atoms with van der Waals surface area (Å²) in [5.41, 5.74) is 8.81. The predicted molar refractivity (Wildman–Crippen MR) is 97.7 cm³/mol. The highest BCUT2D eigenvalue weighted by atomic mass is 19.1. The van der Waals surface area contributed by atoms with Crippen LogP contribution in [0.5, 0.6) is 0 Å². The van der Waals surface area contributed by atoms with Crippen LogP contribution in [0.3, 0.4) is 0 Å². The largest absolute Gasteiger partial charge is 0.369 e. The maximum Gasteiger partial charge on any atom is 0.128 e. The first-order chi connectivity index (χ1) is 11.8. The second kappa shape index (κ2) is 8.27. The molecule has 0 bridgehead atoms. The molecule has 1 aliphatic rings. The third-order valence-corrected chi connectivity index (χ3v) is 4.69. The van der Waals surface area contributed by atoms with Crippen molar-refractivity contribution in [1.29, 1.82) is 0 Å². The van der Waals surface area contributed by atoms with Gasteiger partial charge in [-0.25, -0.2) is 4.39 Å². The minimum atomic E-state index is -0.104. The molecule has 0 amide bonds. The van der Waals surface area contributed by atoms with Gasteiger partial charge in [-0.05, 0) is 37.1 Å². The zero-order valence-corrected chi connectivity index (χ0v) is 14.1. The van der Waals surface area contributed by atoms with Gasteiger partial charge in [0.15, 0.2) is 0 Å². The third kappa shape index (κ3) is 4.13.